The SMILES string of the molecule is CC(C)c1ccc(S(=O)(=O)N2CC[NH+]([C@H](C)C(N)=O)CC2)cc1. The summed E-state index contributed by atoms with van der Waals surface area (Å²) in [5.41, 5.74) is 6.44. The largest absolute Gasteiger partial charge is 0.365 e. The Hall–Kier alpha value is -1.44. The van der Waals surface area contributed by atoms with Gasteiger partial charge in [-0.2, -0.15) is 4.31 Å². The fraction of sp³-hybridized carbons (Fsp3) is 0.562. The molecule has 0 unspecified atom stereocenters. The Balaban J connectivity index is 2.08. The predicted molar refractivity (Wildman–Crippen MR) is 88.6 cm³/mol. The molecule has 1 aromatic carbocycles. The topological polar surface area (TPSA) is 84.9 Å². The monoisotopic (exact) mass is 340 g/mol. The van der Waals surface area contributed by atoms with Gasteiger partial charge in [0.2, 0.25) is 10.0 Å². The summed E-state index contributed by atoms with van der Waals surface area (Å²) < 4.78 is 26.9. The average Bonchev–Trinajstić information content (AvgIpc) is 2.54. The van der Waals surface area contributed by atoms with Crippen LogP contribution in [0, 0.1) is 0 Å². The second-order valence-electron chi connectivity index (χ2n) is 6.41. The number of amides is 1. The lowest BCUT2D eigenvalue weighted by atomic mass is 10.0. The molecule has 0 saturated carbocycles. The molecule has 0 radical (unpaired) electrons. The minimum atomic E-state index is -3.47. The van der Waals surface area contributed by atoms with Gasteiger partial charge in [-0.3, -0.25) is 4.79 Å². The number of nitrogens with two attached hydrogens (primary N) is 1. The molecule has 1 heterocycles. The second-order valence-corrected chi connectivity index (χ2v) is 8.35. The molecule has 6 nitrogen and oxygen atoms in total. The molecule has 1 aliphatic heterocycles. The van der Waals surface area contributed by atoms with Crippen molar-refractivity contribution in [2.45, 2.75) is 37.6 Å². The molecule has 0 spiro atoms. The molecule has 3 N–H and O–H groups in total. The van der Waals surface area contributed by atoms with E-state index in [4.69, 9.17) is 5.73 Å². The van der Waals surface area contributed by atoms with E-state index in [2.05, 4.69) is 13.8 Å². The number of sulfonamides is 1. The maximum atomic E-state index is 12.7. The molecule has 23 heavy (non-hydrogen) atoms. The van der Waals surface area contributed by atoms with E-state index in [1.54, 1.807) is 19.1 Å². The van der Waals surface area contributed by atoms with Gasteiger partial charge in [0.15, 0.2) is 6.04 Å². The summed E-state index contributed by atoms with van der Waals surface area (Å²) in [4.78, 5) is 12.6. The molecule has 1 atom stereocenters. The van der Waals surface area contributed by atoms with Gasteiger partial charge in [0.25, 0.3) is 5.91 Å². The average molecular weight is 340 g/mol. The first-order valence-corrected chi connectivity index (χ1v) is 9.41. The van der Waals surface area contributed by atoms with E-state index in [0.717, 1.165) is 10.5 Å². The number of carbonyl (C=O) groups is 1. The van der Waals surface area contributed by atoms with Gasteiger partial charge in [-0.15, -0.1) is 0 Å². The fourth-order valence-electron chi connectivity index (χ4n) is 2.82. The van der Waals surface area contributed by atoms with Crippen molar-refractivity contribution in [3.63, 3.8) is 0 Å². The number of hydrogen-bond donors (Lipinski definition) is 2. The van der Waals surface area contributed by atoms with Gasteiger partial charge in [0.1, 0.15) is 0 Å². The third kappa shape index (κ3) is 3.91. The maximum Gasteiger partial charge on any atom is 0.275 e. The molecule has 7 heteroatoms. The number of primary amides is 1. The summed E-state index contributed by atoms with van der Waals surface area (Å²) in [5.74, 6) is 0.0229. The van der Waals surface area contributed by atoms with E-state index in [1.807, 2.05) is 12.1 Å². The predicted octanol–water partition coefficient (Wildman–Crippen LogP) is -0.427. The zero-order valence-corrected chi connectivity index (χ0v) is 14.8. The van der Waals surface area contributed by atoms with Crippen LogP contribution in [-0.4, -0.2) is 50.9 Å². The molecule has 1 amide bonds. The lowest BCUT2D eigenvalue weighted by Gasteiger charge is -2.33. The summed E-state index contributed by atoms with van der Waals surface area (Å²) in [7, 11) is -3.47. The maximum absolute atomic E-state index is 12.7. The normalized spacial score (nSPS) is 19.0. The zero-order valence-electron chi connectivity index (χ0n) is 14.0. The van der Waals surface area contributed by atoms with Crippen molar-refractivity contribution in [1.82, 2.24) is 4.31 Å². The lowest BCUT2D eigenvalue weighted by Crippen LogP contribution is -3.19. The molecule has 128 valence electrons. The van der Waals surface area contributed by atoms with Crippen molar-refractivity contribution in [1.29, 1.82) is 0 Å². The van der Waals surface area contributed by atoms with Gasteiger partial charge in [-0.25, -0.2) is 8.42 Å². The number of rotatable bonds is 5. The van der Waals surface area contributed by atoms with Crippen LogP contribution in [0.25, 0.3) is 0 Å². The second kappa shape index (κ2) is 6.98. The summed E-state index contributed by atoms with van der Waals surface area (Å²) in [6, 6.07) is 6.80. The highest BCUT2D eigenvalue weighted by Crippen LogP contribution is 2.20. The van der Waals surface area contributed by atoms with Crippen LogP contribution in [0.15, 0.2) is 29.2 Å². The number of carbonyl (C=O) groups excluding carboxylic acids is 1. The molecular formula is C16H26N3O3S+. The van der Waals surface area contributed by atoms with Gasteiger partial charge in [-0.05, 0) is 30.5 Å². The molecule has 0 aromatic heterocycles. The van der Waals surface area contributed by atoms with Crippen LogP contribution >= 0.6 is 0 Å². The highest BCUT2D eigenvalue weighted by atomic mass is 32.2. The minimum absolute atomic E-state index is 0.287. The minimum Gasteiger partial charge on any atom is -0.365 e. The fourth-order valence-corrected chi connectivity index (χ4v) is 4.26. The molecule has 0 bridgehead atoms. The Morgan fingerprint density at radius 3 is 2.09 bits per heavy atom. The van der Waals surface area contributed by atoms with Gasteiger partial charge < -0.3 is 10.6 Å². The Kier molecular flexibility index (Phi) is 5.44. The first-order chi connectivity index (χ1) is 10.7. The van der Waals surface area contributed by atoms with E-state index >= 15 is 0 Å². The van der Waals surface area contributed by atoms with Crippen molar-refractivity contribution in [3.8, 4) is 0 Å². The molecule has 1 saturated heterocycles. The van der Waals surface area contributed by atoms with Crippen LogP contribution < -0.4 is 10.6 Å². The van der Waals surface area contributed by atoms with E-state index in [0.29, 0.717) is 37.0 Å². The Morgan fingerprint density at radius 2 is 1.65 bits per heavy atom. The van der Waals surface area contributed by atoms with Crippen molar-refractivity contribution < 1.29 is 18.1 Å². The summed E-state index contributed by atoms with van der Waals surface area (Å²) >= 11 is 0. The first kappa shape index (κ1) is 17.9. The number of piperazine rings is 1. The molecule has 1 fully saturated rings. The number of nitrogens with zero attached hydrogens (tertiary/aromatic N) is 1. The van der Waals surface area contributed by atoms with Crippen molar-refractivity contribution in [3.05, 3.63) is 29.8 Å². The van der Waals surface area contributed by atoms with Gasteiger partial charge in [0.05, 0.1) is 31.1 Å². The quantitative estimate of drug-likeness (QED) is 0.763. The van der Waals surface area contributed by atoms with Crippen LogP contribution in [0.3, 0.4) is 0 Å². The van der Waals surface area contributed by atoms with Crippen LogP contribution in [0.4, 0.5) is 0 Å². The Morgan fingerprint density at radius 1 is 1.13 bits per heavy atom. The van der Waals surface area contributed by atoms with E-state index in [-0.39, 0.29) is 11.9 Å². The summed E-state index contributed by atoms with van der Waals surface area (Å²) in [6.07, 6.45) is 0. The van der Waals surface area contributed by atoms with E-state index in [9.17, 15) is 13.2 Å². The smallest absolute Gasteiger partial charge is 0.275 e. The zero-order chi connectivity index (χ0) is 17.2. The third-order valence-corrected chi connectivity index (χ3v) is 6.50. The van der Waals surface area contributed by atoms with Gasteiger partial charge in [0, 0.05) is 0 Å². The standard InChI is InChI=1S/C16H25N3O3S/c1-12(2)14-4-6-15(7-5-14)23(21,22)19-10-8-18(9-11-19)13(3)16(17)20/h4-7,12-13H,8-11H2,1-3H3,(H2,17,20)/p+1/t13-/m1/s1. The Bertz CT molecular complexity index is 648. The van der Waals surface area contributed by atoms with Crippen molar-refractivity contribution in [2.75, 3.05) is 26.2 Å². The van der Waals surface area contributed by atoms with E-state index < -0.39 is 10.0 Å². The summed E-state index contributed by atoms with van der Waals surface area (Å²) in [6.45, 7) is 7.92. The van der Waals surface area contributed by atoms with Crippen LogP contribution in [-0.2, 0) is 14.8 Å². The van der Waals surface area contributed by atoms with Crippen LogP contribution in [0.5, 0.6) is 0 Å². The summed E-state index contributed by atoms with van der Waals surface area (Å²) in [5, 5.41) is 0. The molecule has 0 aliphatic carbocycles. The molecule has 1 aromatic rings. The van der Waals surface area contributed by atoms with Crippen molar-refractivity contribution in [2.24, 2.45) is 5.73 Å². The molecular weight excluding hydrogens is 314 g/mol. The number of quaternary nitrogens is 1. The van der Waals surface area contributed by atoms with Gasteiger partial charge >= 0.3 is 0 Å². The first-order valence-electron chi connectivity index (χ1n) is 7.97. The highest BCUT2D eigenvalue weighted by molar-refractivity contribution is 7.89. The third-order valence-electron chi connectivity index (χ3n) is 4.59. The van der Waals surface area contributed by atoms with Crippen LogP contribution in [0.2, 0.25) is 0 Å². The number of nitrogens with one attached hydrogen (secondary N) is 1. The van der Waals surface area contributed by atoms with Crippen molar-refractivity contribution >= 4 is 15.9 Å². The highest BCUT2D eigenvalue weighted by Gasteiger charge is 2.33. The number of benzene rings is 1. The lowest BCUT2D eigenvalue weighted by molar-refractivity contribution is -0.917. The van der Waals surface area contributed by atoms with Crippen LogP contribution in [0.1, 0.15) is 32.3 Å². The molecule has 1 aliphatic rings. The van der Waals surface area contributed by atoms with E-state index in [1.165, 1.54) is 4.31 Å². The van der Waals surface area contributed by atoms with Gasteiger partial charge in [-0.1, -0.05) is 26.0 Å². The molecule has 2 rings (SSSR count). The Labute approximate surface area is 138 Å². The number of hydrogen-bond acceptors (Lipinski definition) is 3.